The van der Waals surface area contributed by atoms with Crippen LogP contribution in [0.4, 0.5) is 0 Å². The highest BCUT2D eigenvalue weighted by Gasteiger charge is 2.34. The fourth-order valence-corrected chi connectivity index (χ4v) is 3.39. The van der Waals surface area contributed by atoms with Crippen molar-refractivity contribution >= 4 is 0 Å². The number of rotatable bonds is 6. The van der Waals surface area contributed by atoms with Crippen molar-refractivity contribution in [1.82, 2.24) is 15.0 Å². The van der Waals surface area contributed by atoms with Gasteiger partial charge in [0.2, 0.25) is 0 Å². The van der Waals surface area contributed by atoms with Crippen LogP contribution in [0, 0.1) is 11.3 Å². The molecule has 4 heteroatoms. The van der Waals surface area contributed by atoms with Gasteiger partial charge in [0.15, 0.2) is 0 Å². The minimum atomic E-state index is 0.277. The number of nitrogens with two attached hydrogens (primary N) is 1. The van der Waals surface area contributed by atoms with Crippen molar-refractivity contribution in [2.75, 3.05) is 6.54 Å². The molecule has 0 amide bonds. The van der Waals surface area contributed by atoms with Crippen molar-refractivity contribution in [3.8, 4) is 0 Å². The molecule has 0 spiro atoms. The number of nitrogens with zero attached hydrogens (tertiary/aromatic N) is 3. The first-order chi connectivity index (χ1) is 9.17. The van der Waals surface area contributed by atoms with E-state index in [9.17, 15) is 0 Å². The van der Waals surface area contributed by atoms with E-state index >= 15 is 0 Å². The van der Waals surface area contributed by atoms with E-state index in [1.807, 2.05) is 13.2 Å². The van der Waals surface area contributed by atoms with E-state index in [1.165, 1.54) is 44.9 Å². The Hall–Kier alpha value is -0.900. The smallest absolute Gasteiger partial charge is 0.0833 e. The highest BCUT2D eigenvalue weighted by atomic mass is 15.4. The van der Waals surface area contributed by atoms with Gasteiger partial charge in [0.25, 0.3) is 0 Å². The third-order valence-corrected chi connectivity index (χ3v) is 4.77. The second-order valence-corrected chi connectivity index (χ2v) is 6.35. The molecule has 1 saturated carbocycles. The molecule has 0 aliphatic heterocycles. The molecule has 2 rings (SSSR count). The molecule has 1 aliphatic rings. The molecule has 0 atom stereocenters. The molecular weight excluding hydrogens is 236 g/mol. The van der Waals surface area contributed by atoms with Gasteiger partial charge in [0, 0.05) is 13.2 Å². The van der Waals surface area contributed by atoms with E-state index in [-0.39, 0.29) is 5.41 Å². The second-order valence-electron chi connectivity index (χ2n) is 6.35. The zero-order chi connectivity index (χ0) is 13.7. The van der Waals surface area contributed by atoms with Crippen LogP contribution in [0.25, 0.3) is 0 Å². The van der Waals surface area contributed by atoms with Crippen LogP contribution in [0.15, 0.2) is 6.20 Å². The fourth-order valence-electron chi connectivity index (χ4n) is 3.39. The first-order valence-corrected chi connectivity index (χ1v) is 7.73. The standard InChI is InChI=1S/C15H28N4/c1-3-4-5-13-6-8-15(12-16,9-7-13)10-14-11-19(2)18-17-14/h11,13H,3-10,12,16H2,1-2H3. The Morgan fingerprint density at radius 3 is 2.68 bits per heavy atom. The van der Waals surface area contributed by atoms with Gasteiger partial charge in [-0.15, -0.1) is 5.10 Å². The summed E-state index contributed by atoms with van der Waals surface area (Å²) in [6.45, 7) is 3.06. The van der Waals surface area contributed by atoms with E-state index in [2.05, 4.69) is 17.2 Å². The Morgan fingerprint density at radius 1 is 1.42 bits per heavy atom. The zero-order valence-corrected chi connectivity index (χ0v) is 12.4. The van der Waals surface area contributed by atoms with Gasteiger partial charge in [-0.1, -0.05) is 31.4 Å². The molecule has 1 fully saturated rings. The SMILES string of the molecule is CCCCC1CCC(CN)(Cc2cn(C)nn2)CC1. The predicted molar refractivity (Wildman–Crippen MR) is 77.7 cm³/mol. The Kier molecular flexibility index (Phi) is 4.97. The van der Waals surface area contributed by atoms with Gasteiger partial charge in [-0.2, -0.15) is 0 Å². The van der Waals surface area contributed by atoms with Crippen molar-refractivity contribution in [2.24, 2.45) is 24.1 Å². The molecule has 1 aromatic rings. The minimum absolute atomic E-state index is 0.277. The van der Waals surface area contributed by atoms with Crippen LogP contribution in [-0.4, -0.2) is 21.5 Å². The highest BCUT2D eigenvalue weighted by Crippen LogP contribution is 2.41. The topological polar surface area (TPSA) is 56.7 Å². The number of aryl methyl sites for hydroxylation is 1. The summed E-state index contributed by atoms with van der Waals surface area (Å²) < 4.78 is 1.78. The summed E-state index contributed by atoms with van der Waals surface area (Å²) in [5.74, 6) is 0.932. The maximum Gasteiger partial charge on any atom is 0.0833 e. The number of unbranched alkanes of at least 4 members (excludes halogenated alkanes) is 1. The molecule has 1 aromatic heterocycles. The van der Waals surface area contributed by atoms with E-state index in [1.54, 1.807) is 4.68 Å². The molecular formula is C15H28N4. The van der Waals surface area contributed by atoms with Crippen LogP contribution in [0.1, 0.15) is 57.6 Å². The van der Waals surface area contributed by atoms with Gasteiger partial charge >= 0.3 is 0 Å². The van der Waals surface area contributed by atoms with Gasteiger partial charge in [0.05, 0.1) is 5.69 Å². The first-order valence-electron chi connectivity index (χ1n) is 7.73. The van der Waals surface area contributed by atoms with Gasteiger partial charge in [-0.25, -0.2) is 0 Å². The monoisotopic (exact) mass is 264 g/mol. The van der Waals surface area contributed by atoms with Gasteiger partial charge in [0.1, 0.15) is 0 Å². The van der Waals surface area contributed by atoms with Gasteiger partial charge < -0.3 is 5.73 Å². The summed E-state index contributed by atoms with van der Waals surface area (Å²) in [5, 5.41) is 8.26. The van der Waals surface area contributed by atoms with Crippen molar-refractivity contribution in [3.05, 3.63) is 11.9 Å². The van der Waals surface area contributed by atoms with Crippen LogP contribution in [-0.2, 0) is 13.5 Å². The van der Waals surface area contributed by atoms with E-state index in [4.69, 9.17) is 5.73 Å². The number of hydrogen-bond acceptors (Lipinski definition) is 3. The molecule has 0 unspecified atom stereocenters. The van der Waals surface area contributed by atoms with Crippen LogP contribution < -0.4 is 5.73 Å². The third-order valence-electron chi connectivity index (χ3n) is 4.77. The molecule has 0 bridgehead atoms. The third kappa shape index (κ3) is 3.78. The largest absolute Gasteiger partial charge is 0.330 e. The summed E-state index contributed by atoms with van der Waals surface area (Å²) in [5.41, 5.74) is 7.46. The van der Waals surface area contributed by atoms with E-state index in [0.717, 1.165) is 24.6 Å². The quantitative estimate of drug-likeness (QED) is 0.859. The zero-order valence-electron chi connectivity index (χ0n) is 12.4. The van der Waals surface area contributed by atoms with Crippen molar-refractivity contribution < 1.29 is 0 Å². The molecule has 108 valence electrons. The molecule has 0 aromatic carbocycles. The summed E-state index contributed by atoms with van der Waals surface area (Å²) in [6.07, 6.45) is 12.3. The number of aromatic nitrogens is 3. The van der Waals surface area contributed by atoms with Gasteiger partial charge in [-0.05, 0) is 50.0 Å². The number of hydrogen-bond donors (Lipinski definition) is 1. The molecule has 19 heavy (non-hydrogen) atoms. The maximum absolute atomic E-state index is 6.08. The lowest BCUT2D eigenvalue weighted by molar-refractivity contribution is 0.148. The normalized spacial score (nSPS) is 27.6. The maximum atomic E-state index is 6.08. The second kappa shape index (κ2) is 6.51. The average molecular weight is 264 g/mol. The Morgan fingerprint density at radius 2 is 2.16 bits per heavy atom. The molecule has 2 N–H and O–H groups in total. The van der Waals surface area contributed by atoms with Crippen LogP contribution in [0.3, 0.4) is 0 Å². The average Bonchev–Trinajstić information content (AvgIpc) is 2.83. The first kappa shape index (κ1) is 14.5. The lowest BCUT2D eigenvalue weighted by Crippen LogP contribution is -2.37. The molecule has 4 nitrogen and oxygen atoms in total. The summed E-state index contributed by atoms with van der Waals surface area (Å²) in [7, 11) is 1.92. The summed E-state index contributed by atoms with van der Waals surface area (Å²) in [6, 6.07) is 0. The molecule has 1 aliphatic carbocycles. The molecule has 1 heterocycles. The fraction of sp³-hybridized carbons (Fsp3) is 0.867. The highest BCUT2D eigenvalue weighted by molar-refractivity contribution is 5.01. The Labute approximate surface area is 116 Å². The van der Waals surface area contributed by atoms with Crippen LogP contribution >= 0.6 is 0 Å². The molecule has 0 radical (unpaired) electrons. The summed E-state index contributed by atoms with van der Waals surface area (Å²) in [4.78, 5) is 0. The van der Waals surface area contributed by atoms with Gasteiger partial charge in [-0.3, -0.25) is 4.68 Å². The Bertz CT molecular complexity index is 377. The van der Waals surface area contributed by atoms with E-state index < -0.39 is 0 Å². The van der Waals surface area contributed by atoms with E-state index in [0.29, 0.717) is 0 Å². The van der Waals surface area contributed by atoms with Crippen molar-refractivity contribution in [3.63, 3.8) is 0 Å². The Balaban J connectivity index is 1.90. The van der Waals surface area contributed by atoms with Crippen LogP contribution in [0.5, 0.6) is 0 Å². The lowest BCUT2D eigenvalue weighted by Gasteiger charge is -2.39. The molecule has 0 saturated heterocycles. The van der Waals surface area contributed by atoms with Crippen molar-refractivity contribution in [1.29, 1.82) is 0 Å². The predicted octanol–water partition coefficient (Wildman–Crippen LogP) is 2.68. The van der Waals surface area contributed by atoms with Crippen molar-refractivity contribution in [2.45, 2.75) is 58.3 Å². The van der Waals surface area contributed by atoms with Crippen LogP contribution in [0.2, 0.25) is 0 Å². The lowest BCUT2D eigenvalue weighted by atomic mass is 9.67. The summed E-state index contributed by atoms with van der Waals surface area (Å²) >= 11 is 0. The minimum Gasteiger partial charge on any atom is -0.330 e.